The summed E-state index contributed by atoms with van der Waals surface area (Å²) in [4.78, 5) is 25.5. The second kappa shape index (κ2) is 4.77. The molecule has 0 unspecified atom stereocenters. The van der Waals surface area contributed by atoms with Gasteiger partial charge in [0.05, 0.1) is 17.1 Å². The number of fused-ring (bicyclic) bond motifs is 1. The minimum Gasteiger partial charge on any atom is -0.357 e. The van der Waals surface area contributed by atoms with Crippen LogP contribution in [0.15, 0.2) is 42.6 Å². The first kappa shape index (κ1) is 12.2. The molecular weight excluding hydrogens is 264 g/mol. The predicted molar refractivity (Wildman–Crippen MR) is 79.9 cm³/mol. The molecule has 1 atom stereocenters. The van der Waals surface area contributed by atoms with E-state index in [0.29, 0.717) is 5.69 Å². The lowest BCUT2D eigenvalue weighted by atomic mass is 10.2. The monoisotopic (exact) mass is 280 g/mol. The number of amides is 1. The molecule has 3 aromatic rings. The molecule has 5 nitrogen and oxygen atoms in total. The smallest absolute Gasteiger partial charge is 0.270 e. The van der Waals surface area contributed by atoms with Crippen LogP contribution in [-0.4, -0.2) is 32.3 Å². The number of rotatable bonds is 2. The van der Waals surface area contributed by atoms with E-state index in [0.717, 1.165) is 36.2 Å². The molecule has 0 aliphatic carbocycles. The van der Waals surface area contributed by atoms with Crippen molar-refractivity contribution >= 4 is 16.9 Å². The largest absolute Gasteiger partial charge is 0.357 e. The Hall–Kier alpha value is -2.56. The molecule has 0 bridgehead atoms. The maximum atomic E-state index is 12.6. The molecule has 1 aromatic carbocycles. The minimum atomic E-state index is 0.0354. The van der Waals surface area contributed by atoms with Crippen molar-refractivity contribution in [3.05, 3.63) is 54.1 Å². The Morgan fingerprint density at radius 1 is 1.24 bits per heavy atom. The lowest BCUT2D eigenvalue weighted by molar-refractivity contribution is 0.0725. The molecule has 0 radical (unpaired) electrons. The molecule has 3 heterocycles. The Balaban J connectivity index is 1.68. The van der Waals surface area contributed by atoms with Gasteiger partial charge in [-0.05, 0) is 37.1 Å². The second-order valence-electron chi connectivity index (χ2n) is 5.38. The number of carbonyl (C=O) groups is 1. The summed E-state index contributed by atoms with van der Waals surface area (Å²) in [6, 6.07) is 11.7. The van der Waals surface area contributed by atoms with Gasteiger partial charge in [0.2, 0.25) is 0 Å². The van der Waals surface area contributed by atoms with Gasteiger partial charge >= 0.3 is 0 Å². The van der Waals surface area contributed by atoms with Crippen LogP contribution in [0.2, 0.25) is 0 Å². The van der Waals surface area contributed by atoms with E-state index in [1.165, 1.54) is 0 Å². The van der Waals surface area contributed by atoms with Gasteiger partial charge in [0, 0.05) is 12.7 Å². The van der Waals surface area contributed by atoms with Crippen molar-refractivity contribution in [3.8, 4) is 0 Å². The number of para-hydroxylation sites is 2. The van der Waals surface area contributed by atoms with Crippen LogP contribution in [0.5, 0.6) is 0 Å². The highest BCUT2D eigenvalue weighted by Crippen LogP contribution is 2.32. The zero-order valence-corrected chi connectivity index (χ0v) is 11.5. The van der Waals surface area contributed by atoms with Crippen LogP contribution >= 0.6 is 0 Å². The number of hydrogen-bond acceptors (Lipinski definition) is 2. The molecular formula is C16H16N4O. The van der Waals surface area contributed by atoms with Crippen LogP contribution in [0.3, 0.4) is 0 Å². The number of imidazole rings is 1. The van der Waals surface area contributed by atoms with Crippen molar-refractivity contribution in [2.45, 2.75) is 18.9 Å². The van der Waals surface area contributed by atoms with Gasteiger partial charge in [-0.25, -0.2) is 4.98 Å². The van der Waals surface area contributed by atoms with Gasteiger partial charge in [-0.15, -0.1) is 0 Å². The molecule has 4 rings (SSSR count). The third kappa shape index (κ3) is 2.01. The highest BCUT2D eigenvalue weighted by Gasteiger charge is 2.32. The number of carbonyl (C=O) groups excluding carboxylic acids is 1. The molecule has 1 fully saturated rings. The minimum absolute atomic E-state index is 0.0354. The first-order chi connectivity index (χ1) is 10.3. The standard InChI is InChI=1S/C16H16N4O/c21-16(13-7-3-9-17-13)20-10-4-8-14(20)15-18-11-5-1-2-6-12(11)19-15/h1-3,5-7,9,14,17H,4,8,10H2,(H,18,19)/t14-/m0/s1. The van der Waals surface area contributed by atoms with E-state index in [4.69, 9.17) is 0 Å². The highest BCUT2D eigenvalue weighted by molar-refractivity contribution is 5.93. The van der Waals surface area contributed by atoms with Gasteiger partial charge in [0.15, 0.2) is 0 Å². The lowest BCUT2D eigenvalue weighted by Gasteiger charge is -2.22. The quantitative estimate of drug-likeness (QED) is 0.758. The van der Waals surface area contributed by atoms with Crippen LogP contribution in [0, 0.1) is 0 Å². The summed E-state index contributed by atoms with van der Waals surface area (Å²) >= 11 is 0. The first-order valence-corrected chi connectivity index (χ1v) is 7.22. The molecule has 1 aliphatic heterocycles. The van der Waals surface area contributed by atoms with Gasteiger partial charge in [-0.1, -0.05) is 12.1 Å². The van der Waals surface area contributed by atoms with E-state index in [-0.39, 0.29) is 11.9 Å². The summed E-state index contributed by atoms with van der Waals surface area (Å²) in [6.45, 7) is 0.777. The van der Waals surface area contributed by atoms with Crippen molar-refractivity contribution in [2.24, 2.45) is 0 Å². The predicted octanol–water partition coefficient (Wildman–Crippen LogP) is 2.87. The molecule has 1 saturated heterocycles. The van der Waals surface area contributed by atoms with E-state index in [9.17, 15) is 4.79 Å². The van der Waals surface area contributed by atoms with Crippen LogP contribution in [0.25, 0.3) is 11.0 Å². The summed E-state index contributed by atoms with van der Waals surface area (Å²) in [6.07, 6.45) is 3.74. The number of nitrogens with zero attached hydrogens (tertiary/aromatic N) is 2. The topological polar surface area (TPSA) is 64.8 Å². The number of aromatic amines is 2. The van der Waals surface area contributed by atoms with E-state index >= 15 is 0 Å². The average molecular weight is 280 g/mol. The fourth-order valence-corrected chi connectivity index (χ4v) is 3.04. The molecule has 0 saturated carbocycles. The lowest BCUT2D eigenvalue weighted by Crippen LogP contribution is -2.31. The molecule has 2 aromatic heterocycles. The molecule has 1 amide bonds. The van der Waals surface area contributed by atoms with Gasteiger partial charge in [0.1, 0.15) is 11.5 Å². The molecule has 0 spiro atoms. The molecule has 5 heteroatoms. The van der Waals surface area contributed by atoms with Gasteiger partial charge in [-0.3, -0.25) is 4.79 Å². The zero-order chi connectivity index (χ0) is 14.2. The molecule has 2 N–H and O–H groups in total. The third-order valence-electron chi connectivity index (χ3n) is 4.07. The number of H-pyrrole nitrogens is 2. The maximum absolute atomic E-state index is 12.6. The SMILES string of the molecule is O=C(c1ccc[nH]1)N1CCC[C@H]1c1nc2ccccc2[nH]1. The Kier molecular flexibility index (Phi) is 2.77. The summed E-state index contributed by atoms with van der Waals surface area (Å²) in [5.74, 6) is 0.927. The molecule has 106 valence electrons. The first-order valence-electron chi connectivity index (χ1n) is 7.22. The normalized spacial score (nSPS) is 18.5. The number of likely N-dealkylation sites (tertiary alicyclic amines) is 1. The van der Waals surface area contributed by atoms with Crippen molar-refractivity contribution in [2.75, 3.05) is 6.54 Å². The third-order valence-corrected chi connectivity index (χ3v) is 4.07. The fraction of sp³-hybridized carbons (Fsp3) is 0.250. The van der Waals surface area contributed by atoms with E-state index < -0.39 is 0 Å². The summed E-state index contributed by atoms with van der Waals surface area (Å²) in [5, 5.41) is 0. The number of benzene rings is 1. The van der Waals surface area contributed by atoms with E-state index in [1.807, 2.05) is 41.3 Å². The number of aromatic nitrogens is 3. The fourth-order valence-electron chi connectivity index (χ4n) is 3.04. The molecule has 21 heavy (non-hydrogen) atoms. The van der Waals surface area contributed by atoms with Crippen molar-refractivity contribution in [3.63, 3.8) is 0 Å². The van der Waals surface area contributed by atoms with Crippen molar-refractivity contribution < 1.29 is 4.79 Å². The Morgan fingerprint density at radius 3 is 2.95 bits per heavy atom. The van der Waals surface area contributed by atoms with E-state index in [2.05, 4.69) is 15.0 Å². The summed E-state index contributed by atoms with van der Waals surface area (Å²) in [5.41, 5.74) is 2.61. The Labute approximate surface area is 122 Å². The van der Waals surface area contributed by atoms with Gasteiger partial charge in [0.25, 0.3) is 5.91 Å². The van der Waals surface area contributed by atoms with Gasteiger partial charge in [-0.2, -0.15) is 0 Å². The number of nitrogens with one attached hydrogen (secondary N) is 2. The summed E-state index contributed by atoms with van der Waals surface area (Å²) < 4.78 is 0. The molecule has 1 aliphatic rings. The maximum Gasteiger partial charge on any atom is 0.270 e. The number of hydrogen-bond donors (Lipinski definition) is 2. The average Bonchev–Trinajstić information content (AvgIpc) is 3.24. The Morgan fingerprint density at radius 2 is 2.14 bits per heavy atom. The highest BCUT2D eigenvalue weighted by atomic mass is 16.2. The van der Waals surface area contributed by atoms with Crippen LogP contribution in [0.1, 0.15) is 35.2 Å². The second-order valence-corrected chi connectivity index (χ2v) is 5.38. The Bertz CT molecular complexity index is 742. The van der Waals surface area contributed by atoms with Gasteiger partial charge < -0.3 is 14.9 Å². The zero-order valence-electron chi connectivity index (χ0n) is 11.5. The summed E-state index contributed by atoms with van der Waals surface area (Å²) in [7, 11) is 0. The van der Waals surface area contributed by atoms with E-state index in [1.54, 1.807) is 6.20 Å². The van der Waals surface area contributed by atoms with Crippen molar-refractivity contribution in [1.29, 1.82) is 0 Å². The van der Waals surface area contributed by atoms with Crippen molar-refractivity contribution in [1.82, 2.24) is 19.9 Å². The van der Waals surface area contributed by atoms with Crippen LogP contribution < -0.4 is 0 Å². The van der Waals surface area contributed by atoms with Crippen LogP contribution in [-0.2, 0) is 0 Å². The van der Waals surface area contributed by atoms with Crippen LogP contribution in [0.4, 0.5) is 0 Å².